The van der Waals surface area contributed by atoms with Gasteiger partial charge in [-0.3, -0.25) is 4.79 Å². The smallest absolute Gasteiger partial charge is 0.257 e. The molecule has 1 aliphatic heterocycles. The van der Waals surface area contributed by atoms with Gasteiger partial charge in [-0.05, 0) is 31.9 Å². The second kappa shape index (κ2) is 6.62. The van der Waals surface area contributed by atoms with Crippen LogP contribution in [-0.2, 0) is 0 Å². The summed E-state index contributed by atoms with van der Waals surface area (Å²) < 4.78 is 11.8. The molecule has 4 rings (SSSR count). The molecular weight excluding hydrogens is 334 g/mol. The lowest BCUT2D eigenvalue weighted by Crippen LogP contribution is -2.30. The van der Waals surface area contributed by atoms with E-state index in [-0.39, 0.29) is 11.9 Å². The third-order valence-corrected chi connectivity index (χ3v) is 4.68. The van der Waals surface area contributed by atoms with E-state index in [9.17, 15) is 4.79 Å². The number of hydrogen-bond donors (Lipinski definition) is 0. The van der Waals surface area contributed by atoms with Crippen LogP contribution in [0.15, 0.2) is 41.3 Å². The second-order valence-corrected chi connectivity index (χ2v) is 6.24. The number of amides is 1. The molecule has 0 bridgehead atoms. The summed E-state index contributed by atoms with van der Waals surface area (Å²) in [5, 5.41) is 12.2. The van der Waals surface area contributed by atoms with Crippen molar-refractivity contribution in [2.45, 2.75) is 25.8 Å². The average Bonchev–Trinajstić information content (AvgIpc) is 3.41. The van der Waals surface area contributed by atoms with Crippen molar-refractivity contribution >= 4 is 5.91 Å². The number of benzene rings is 1. The first-order chi connectivity index (χ1) is 12.7. The lowest BCUT2D eigenvalue weighted by molar-refractivity contribution is 0.0730. The first kappa shape index (κ1) is 16.3. The molecule has 1 aliphatic rings. The Labute approximate surface area is 150 Å². The number of aromatic nitrogens is 4. The van der Waals surface area contributed by atoms with Crippen molar-refractivity contribution in [1.82, 2.24) is 25.0 Å². The number of carbonyl (C=O) groups excluding carboxylic acids is 1. The van der Waals surface area contributed by atoms with Crippen molar-refractivity contribution in [3.8, 4) is 11.4 Å². The zero-order valence-corrected chi connectivity index (χ0v) is 14.6. The van der Waals surface area contributed by atoms with E-state index in [1.54, 1.807) is 24.2 Å². The summed E-state index contributed by atoms with van der Waals surface area (Å²) in [6, 6.07) is 7.43. The van der Waals surface area contributed by atoms with E-state index >= 15 is 0 Å². The molecule has 1 amide bonds. The van der Waals surface area contributed by atoms with E-state index in [4.69, 9.17) is 9.37 Å². The molecule has 0 aliphatic carbocycles. The van der Waals surface area contributed by atoms with Gasteiger partial charge in [-0.2, -0.15) is 5.10 Å². The van der Waals surface area contributed by atoms with Crippen LogP contribution in [0.3, 0.4) is 0 Å². The van der Waals surface area contributed by atoms with E-state index in [2.05, 4.69) is 15.4 Å². The minimum absolute atomic E-state index is 0.0731. The van der Waals surface area contributed by atoms with E-state index in [0.29, 0.717) is 17.9 Å². The fraction of sp³-hybridized carbons (Fsp3) is 0.333. The van der Waals surface area contributed by atoms with Crippen LogP contribution in [0.1, 0.15) is 40.6 Å². The van der Waals surface area contributed by atoms with Gasteiger partial charge in [-0.25, -0.2) is 9.31 Å². The van der Waals surface area contributed by atoms with Crippen LogP contribution in [0.4, 0.5) is 0 Å². The summed E-state index contributed by atoms with van der Waals surface area (Å²) in [7, 11) is 1.61. The number of hydrogen-bond acceptors (Lipinski definition) is 6. The number of likely N-dealkylation sites (tertiary alicyclic amines) is 1. The first-order valence-corrected chi connectivity index (χ1v) is 8.47. The monoisotopic (exact) mass is 353 g/mol. The van der Waals surface area contributed by atoms with Gasteiger partial charge in [0.15, 0.2) is 0 Å². The molecule has 2 aromatic heterocycles. The molecule has 1 atom stereocenters. The van der Waals surface area contributed by atoms with Gasteiger partial charge in [0, 0.05) is 12.7 Å². The fourth-order valence-electron chi connectivity index (χ4n) is 3.38. The highest BCUT2D eigenvalue weighted by molar-refractivity contribution is 5.94. The maximum absolute atomic E-state index is 13.0. The maximum Gasteiger partial charge on any atom is 0.257 e. The summed E-state index contributed by atoms with van der Waals surface area (Å²) in [4.78, 5) is 14.8. The molecule has 3 aromatic rings. The van der Waals surface area contributed by atoms with Crippen LogP contribution < -0.4 is 4.74 Å². The molecule has 8 heteroatoms. The molecule has 1 saturated heterocycles. The van der Waals surface area contributed by atoms with Crippen LogP contribution in [0.25, 0.3) is 5.69 Å². The summed E-state index contributed by atoms with van der Waals surface area (Å²) in [6.45, 7) is 2.52. The number of methoxy groups -OCH3 is 1. The molecule has 26 heavy (non-hydrogen) atoms. The van der Waals surface area contributed by atoms with Crippen molar-refractivity contribution < 1.29 is 14.2 Å². The Morgan fingerprint density at radius 3 is 2.92 bits per heavy atom. The molecular formula is C18H19N5O3. The molecule has 1 aromatic carbocycles. The summed E-state index contributed by atoms with van der Waals surface area (Å²) >= 11 is 0. The average molecular weight is 353 g/mol. The molecule has 0 unspecified atom stereocenters. The molecule has 0 N–H and O–H groups in total. The topological polar surface area (TPSA) is 86.3 Å². The van der Waals surface area contributed by atoms with Crippen LogP contribution in [0.2, 0.25) is 0 Å². The third-order valence-electron chi connectivity index (χ3n) is 4.68. The predicted molar refractivity (Wildman–Crippen MR) is 92.2 cm³/mol. The van der Waals surface area contributed by atoms with Gasteiger partial charge >= 0.3 is 0 Å². The minimum atomic E-state index is -0.108. The van der Waals surface area contributed by atoms with E-state index in [0.717, 1.165) is 29.9 Å². The van der Waals surface area contributed by atoms with Crippen LogP contribution >= 0.6 is 0 Å². The van der Waals surface area contributed by atoms with Crippen LogP contribution in [0, 0.1) is 6.92 Å². The van der Waals surface area contributed by atoms with Gasteiger partial charge in [-0.1, -0.05) is 22.4 Å². The zero-order chi connectivity index (χ0) is 18.1. The van der Waals surface area contributed by atoms with Crippen molar-refractivity contribution in [3.05, 3.63) is 53.6 Å². The van der Waals surface area contributed by atoms with Crippen LogP contribution in [-0.4, -0.2) is 44.6 Å². The summed E-state index contributed by atoms with van der Waals surface area (Å²) in [6.07, 6.45) is 5.08. The zero-order valence-electron chi connectivity index (χ0n) is 14.6. The molecule has 0 spiro atoms. The van der Waals surface area contributed by atoms with Crippen LogP contribution in [0.5, 0.6) is 5.75 Å². The fourth-order valence-corrected chi connectivity index (χ4v) is 3.38. The Hall–Kier alpha value is -3.16. The second-order valence-electron chi connectivity index (χ2n) is 6.24. The van der Waals surface area contributed by atoms with Gasteiger partial charge in [0.2, 0.25) is 0 Å². The van der Waals surface area contributed by atoms with Crippen molar-refractivity contribution in [3.63, 3.8) is 0 Å². The highest BCUT2D eigenvalue weighted by Gasteiger charge is 2.34. The number of aryl methyl sites for hydroxylation is 1. The predicted octanol–water partition coefficient (Wildman–Crippen LogP) is 2.55. The Morgan fingerprint density at radius 2 is 2.15 bits per heavy atom. The summed E-state index contributed by atoms with van der Waals surface area (Å²) in [5.41, 5.74) is 2.76. The number of nitrogens with zero attached hydrogens (tertiary/aromatic N) is 5. The lowest BCUT2D eigenvalue weighted by atomic mass is 10.1. The largest absolute Gasteiger partial charge is 0.494 e. The molecule has 8 nitrogen and oxygen atoms in total. The maximum atomic E-state index is 13.0. The third kappa shape index (κ3) is 2.73. The number of rotatable bonds is 4. The minimum Gasteiger partial charge on any atom is -0.494 e. The number of para-hydroxylation sites is 2. The quantitative estimate of drug-likeness (QED) is 0.716. The Morgan fingerprint density at radius 1 is 1.31 bits per heavy atom. The molecule has 1 fully saturated rings. The Kier molecular flexibility index (Phi) is 4.16. The van der Waals surface area contributed by atoms with Crippen molar-refractivity contribution in [2.24, 2.45) is 0 Å². The lowest BCUT2D eigenvalue weighted by Gasteiger charge is -2.22. The molecule has 3 heterocycles. The first-order valence-electron chi connectivity index (χ1n) is 8.47. The van der Waals surface area contributed by atoms with Gasteiger partial charge in [0.25, 0.3) is 5.91 Å². The van der Waals surface area contributed by atoms with Gasteiger partial charge in [-0.15, -0.1) is 0 Å². The Bertz CT molecular complexity index is 932. The van der Waals surface area contributed by atoms with Gasteiger partial charge < -0.3 is 9.64 Å². The summed E-state index contributed by atoms with van der Waals surface area (Å²) in [5.74, 6) is 0.619. The molecule has 134 valence electrons. The molecule has 0 radical (unpaired) electrons. The molecule has 0 saturated carbocycles. The van der Waals surface area contributed by atoms with E-state index in [1.807, 2.05) is 36.1 Å². The van der Waals surface area contributed by atoms with Gasteiger partial charge in [0.05, 0.1) is 24.9 Å². The SMILES string of the molecule is COc1ccccc1-n1cc(C(=O)N2CCC[C@@H]2c2nonc2C)cn1. The normalized spacial score (nSPS) is 16.8. The number of carbonyl (C=O) groups is 1. The van der Waals surface area contributed by atoms with Gasteiger partial charge in [0.1, 0.15) is 22.8 Å². The van der Waals surface area contributed by atoms with Crippen molar-refractivity contribution in [2.75, 3.05) is 13.7 Å². The van der Waals surface area contributed by atoms with E-state index < -0.39 is 0 Å². The highest BCUT2D eigenvalue weighted by atomic mass is 16.6. The standard InChI is InChI=1S/C18H19N5O3/c1-12-17(21-26-20-12)15-7-5-9-22(15)18(24)13-10-19-23(11-13)14-6-3-4-8-16(14)25-2/h3-4,6,8,10-11,15H,5,7,9H2,1-2H3/t15-/m1/s1. The number of ether oxygens (including phenoxy) is 1. The highest BCUT2D eigenvalue weighted by Crippen LogP contribution is 2.33. The Balaban J connectivity index is 1.61. The van der Waals surface area contributed by atoms with E-state index in [1.165, 1.54) is 0 Å². The van der Waals surface area contributed by atoms with Crippen molar-refractivity contribution in [1.29, 1.82) is 0 Å².